The van der Waals surface area contributed by atoms with Gasteiger partial charge in [0.2, 0.25) is 0 Å². The van der Waals surface area contributed by atoms with Crippen LogP contribution in [0, 0.1) is 0 Å². The molecule has 1 atom stereocenters. The average Bonchev–Trinajstić information content (AvgIpc) is 2.67. The van der Waals surface area contributed by atoms with Crippen molar-refractivity contribution in [1.29, 1.82) is 0 Å². The summed E-state index contributed by atoms with van der Waals surface area (Å²) in [6.45, 7) is 0. The maximum atomic E-state index is 5.99. The van der Waals surface area contributed by atoms with Crippen LogP contribution >= 0.6 is 23.1 Å². The first-order valence-electron chi connectivity index (χ1n) is 5.48. The first-order chi connectivity index (χ1) is 7.30. The predicted molar refractivity (Wildman–Crippen MR) is 68.3 cm³/mol. The van der Waals surface area contributed by atoms with Crippen LogP contribution < -0.4 is 5.73 Å². The number of thioether (sulfide) groups is 1. The van der Waals surface area contributed by atoms with Crippen molar-refractivity contribution >= 4 is 23.1 Å². The number of aryl methyl sites for hydroxylation is 1. The number of hydrogen-bond donors (Lipinski definition) is 1. The number of rotatable bonds is 0. The van der Waals surface area contributed by atoms with Crippen LogP contribution in [0.2, 0.25) is 0 Å². The van der Waals surface area contributed by atoms with E-state index in [2.05, 4.69) is 17.5 Å². The van der Waals surface area contributed by atoms with Gasteiger partial charge in [0.25, 0.3) is 0 Å². The van der Waals surface area contributed by atoms with E-state index in [1.807, 2.05) is 11.3 Å². The van der Waals surface area contributed by atoms with E-state index < -0.39 is 0 Å². The summed E-state index contributed by atoms with van der Waals surface area (Å²) in [4.78, 5) is 1.59. The van der Waals surface area contributed by atoms with Gasteiger partial charge in [-0.3, -0.25) is 0 Å². The predicted octanol–water partition coefficient (Wildman–Crippen LogP) is 3.26. The highest BCUT2D eigenvalue weighted by Gasteiger charge is 2.37. The molecule has 1 spiro atoms. The normalized spacial score (nSPS) is 30.0. The molecule has 15 heavy (non-hydrogen) atoms. The molecule has 1 unspecified atom stereocenters. The van der Waals surface area contributed by atoms with Crippen LogP contribution in [0.5, 0.6) is 0 Å². The molecule has 3 heteroatoms. The molecule has 1 aliphatic heterocycles. The Kier molecular flexibility index (Phi) is 2.33. The summed E-state index contributed by atoms with van der Waals surface area (Å²) in [6.07, 6.45) is 7.48. The van der Waals surface area contributed by atoms with Gasteiger partial charge in [0.15, 0.2) is 0 Å². The summed E-state index contributed by atoms with van der Waals surface area (Å²) >= 11 is 3.72. The topological polar surface area (TPSA) is 26.0 Å². The van der Waals surface area contributed by atoms with Crippen molar-refractivity contribution in [3.63, 3.8) is 0 Å². The van der Waals surface area contributed by atoms with Crippen LogP contribution in [-0.4, -0.2) is 5.75 Å². The van der Waals surface area contributed by atoms with Gasteiger partial charge >= 0.3 is 0 Å². The van der Waals surface area contributed by atoms with Crippen LogP contribution in [0.15, 0.2) is 22.6 Å². The Morgan fingerprint density at radius 2 is 2.27 bits per heavy atom. The Balaban J connectivity index is 2.11. The van der Waals surface area contributed by atoms with Gasteiger partial charge < -0.3 is 5.73 Å². The third-order valence-electron chi connectivity index (χ3n) is 3.54. The van der Waals surface area contributed by atoms with Gasteiger partial charge in [-0.1, -0.05) is 0 Å². The second-order valence-electron chi connectivity index (χ2n) is 4.41. The first-order valence-corrected chi connectivity index (χ1v) is 7.35. The van der Waals surface area contributed by atoms with Crippen LogP contribution in [-0.2, 0) is 11.8 Å². The number of nitrogens with two attached hydrogens (primary N) is 1. The van der Waals surface area contributed by atoms with Crippen LogP contribution in [0.4, 0.5) is 0 Å². The van der Waals surface area contributed by atoms with Gasteiger partial charge in [0.1, 0.15) is 0 Å². The zero-order valence-electron chi connectivity index (χ0n) is 8.66. The summed E-state index contributed by atoms with van der Waals surface area (Å²) in [5.41, 5.74) is 7.86. The van der Waals surface area contributed by atoms with E-state index in [9.17, 15) is 0 Å². The molecule has 2 aliphatic rings. The summed E-state index contributed by atoms with van der Waals surface area (Å²) in [7, 11) is 0. The third-order valence-corrected chi connectivity index (χ3v) is 5.38. The highest BCUT2D eigenvalue weighted by Crippen LogP contribution is 2.47. The average molecular weight is 237 g/mol. The van der Waals surface area contributed by atoms with E-state index in [0.29, 0.717) is 5.41 Å². The van der Waals surface area contributed by atoms with E-state index in [0.717, 1.165) is 5.03 Å². The van der Waals surface area contributed by atoms with Crippen molar-refractivity contribution in [2.75, 3.05) is 5.75 Å². The highest BCUT2D eigenvalue weighted by atomic mass is 32.2. The molecule has 0 fully saturated rings. The highest BCUT2D eigenvalue weighted by molar-refractivity contribution is 8.03. The van der Waals surface area contributed by atoms with Gasteiger partial charge in [-0.05, 0) is 48.8 Å². The second-order valence-corrected chi connectivity index (χ2v) is 6.58. The molecule has 2 N–H and O–H groups in total. The maximum Gasteiger partial charge on any atom is 0.0623 e. The zero-order chi connectivity index (χ0) is 10.3. The number of thiophene rings is 1. The fourth-order valence-electron chi connectivity index (χ4n) is 2.82. The summed E-state index contributed by atoms with van der Waals surface area (Å²) in [6, 6.07) is 2.32. The van der Waals surface area contributed by atoms with Crippen LogP contribution in [0.3, 0.4) is 0 Å². The minimum absolute atomic E-state index is 0.295. The molecule has 3 rings (SSSR count). The number of hydrogen-bond acceptors (Lipinski definition) is 3. The standard InChI is InChI=1S/C12H15NS2/c13-11-8-12(5-7-15-11)4-1-2-10-9(12)3-6-14-10/h3,6,8H,1-2,4-5,7,13H2. The Morgan fingerprint density at radius 3 is 3.13 bits per heavy atom. The van der Waals surface area contributed by atoms with E-state index in [4.69, 9.17) is 5.73 Å². The lowest BCUT2D eigenvalue weighted by Gasteiger charge is -2.37. The monoisotopic (exact) mass is 237 g/mol. The fourth-order valence-corrected chi connectivity index (χ4v) is 4.86. The zero-order valence-corrected chi connectivity index (χ0v) is 10.3. The maximum absolute atomic E-state index is 5.99. The SMILES string of the molecule is NC1=CC2(CCCc3sccc32)CCS1. The summed E-state index contributed by atoms with van der Waals surface area (Å²) in [5, 5.41) is 3.27. The Labute approximate surface area is 98.8 Å². The Bertz CT molecular complexity index is 408. The van der Waals surface area contributed by atoms with E-state index in [-0.39, 0.29) is 0 Å². The second kappa shape index (κ2) is 3.56. The number of allylic oxidation sites excluding steroid dienone is 1. The molecule has 0 radical (unpaired) electrons. The lowest BCUT2D eigenvalue weighted by atomic mass is 9.71. The fraction of sp³-hybridized carbons (Fsp3) is 0.500. The molecule has 2 heterocycles. The van der Waals surface area contributed by atoms with Gasteiger partial charge in [-0.2, -0.15) is 0 Å². The van der Waals surface area contributed by atoms with Crippen molar-refractivity contribution in [2.24, 2.45) is 5.73 Å². The largest absolute Gasteiger partial charge is 0.394 e. The smallest absolute Gasteiger partial charge is 0.0623 e. The Morgan fingerprint density at radius 1 is 1.33 bits per heavy atom. The molecule has 1 aromatic heterocycles. The van der Waals surface area contributed by atoms with E-state index >= 15 is 0 Å². The van der Waals surface area contributed by atoms with Crippen molar-refractivity contribution in [3.05, 3.63) is 33.0 Å². The minimum atomic E-state index is 0.295. The number of fused-ring (bicyclic) bond motifs is 2. The molecule has 0 amide bonds. The van der Waals surface area contributed by atoms with Gasteiger partial charge in [-0.15, -0.1) is 23.1 Å². The van der Waals surface area contributed by atoms with Crippen molar-refractivity contribution in [2.45, 2.75) is 31.1 Å². The molecule has 0 bridgehead atoms. The molecular weight excluding hydrogens is 222 g/mol. The van der Waals surface area contributed by atoms with Crippen molar-refractivity contribution in [3.8, 4) is 0 Å². The third kappa shape index (κ3) is 1.53. The molecular formula is C12H15NS2. The minimum Gasteiger partial charge on any atom is -0.394 e. The molecule has 1 aliphatic carbocycles. The molecule has 80 valence electrons. The van der Waals surface area contributed by atoms with Crippen LogP contribution in [0.1, 0.15) is 29.7 Å². The Hall–Kier alpha value is -0.410. The molecule has 1 aromatic rings. The van der Waals surface area contributed by atoms with Gasteiger partial charge in [0.05, 0.1) is 5.03 Å². The molecule has 0 saturated carbocycles. The lowest BCUT2D eigenvalue weighted by Crippen LogP contribution is -2.31. The van der Waals surface area contributed by atoms with Gasteiger partial charge in [-0.25, -0.2) is 0 Å². The molecule has 0 aromatic carbocycles. The van der Waals surface area contributed by atoms with Gasteiger partial charge in [0, 0.05) is 16.0 Å². The molecule has 1 nitrogen and oxygen atoms in total. The van der Waals surface area contributed by atoms with E-state index in [1.165, 1.54) is 31.4 Å². The quantitative estimate of drug-likeness (QED) is 0.749. The molecule has 0 saturated heterocycles. The van der Waals surface area contributed by atoms with Crippen LogP contribution in [0.25, 0.3) is 0 Å². The lowest BCUT2D eigenvalue weighted by molar-refractivity contribution is 0.432. The summed E-state index contributed by atoms with van der Waals surface area (Å²) in [5.74, 6) is 1.18. The van der Waals surface area contributed by atoms with Crippen molar-refractivity contribution < 1.29 is 0 Å². The van der Waals surface area contributed by atoms with Crippen molar-refractivity contribution in [1.82, 2.24) is 0 Å². The summed E-state index contributed by atoms with van der Waals surface area (Å²) < 4.78 is 0. The first kappa shape index (κ1) is 9.79. The van der Waals surface area contributed by atoms with E-state index in [1.54, 1.807) is 22.2 Å².